The fourth-order valence-corrected chi connectivity index (χ4v) is 6.02. The first kappa shape index (κ1) is 26.4. The van der Waals surface area contributed by atoms with E-state index in [1.165, 1.54) is 32.1 Å². The monoisotopic (exact) mass is 525 g/mol. The fraction of sp³-hybridized carbons (Fsp3) is 0.433. The van der Waals surface area contributed by atoms with E-state index in [4.69, 9.17) is 4.74 Å². The van der Waals surface area contributed by atoms with Gasteiger partial charge in [0.1, 0.15) is 29.2 Å². The molecule has 2 aliphatic rings. The molecule has 0 unspecified atom stereocenters. The highest BCUT2D eigenvalue weighted by atomic mass is 19.1. The summed E-state index contributed by atoms with van der Waals surface area (Å²) in [6.07, 6.45) is 3.50. The van der Waals surface area contributed by atoms with Crippen molar-refractivity contribution in [2.75, 3.05) is 6.54 Å². The van der Waals surface area contributed by atoms with Crippen LogP contribution in [0.5, 0.6) is 5.75 Å². The van der Waals surface area contributed by atoms with Crippen molar-refractivity contribution in [1.29, 1.82) is 0 Å². The van der Waals surface area contributed by atoms with Crippen molar-refractivity contribution >= 4 is 16.8 Å². The first-order valence-corrected chi connectivity index (χ1v) is 13.2. The Morgan fingerprint density at radius 2 is 1.95 bits per heavy atom. The number of carbonyl (C=O) groups excluding carboxylic acids is 1. The third-order valence-electron chi connectivity index (χ3n) is 7.62. The van der Waals surface area contributed by atoms with Gasteiger partial charge >= 0.3 is 0 Å². The summed E-state index contributed by atoms with van der Waals surface area (Å²) in [7, 11) is 0. The van der Waals surface area contributed by atoms with Crippen molar-refractivity contribution in [2.45, 2.75) is 76.4 Å². The minimum Gasteiger partial charge on any atom is -0.490 e. The number of fused-ring (bicyclic) bond motifs is 3. The van der Waals surface area contributed by atoms with Crippen molar-refractivity contribution in [3.8, 4) is 5.75 Å². The van der Waals surface area contributed by atoms with Gasteiger partial charge in [-0.3, -0.25) is 9.69 Å². The van der Waals surface area contributed by atoms with Gasteiger partial charge in [-0.2, -0.15) is 0 Å². The van der Waals surface area contributed by atoms with Crippen molar-refractivity contribution in [3.05, 3.63) is 77.5 Å². The Bertz CT molecular complexity index is 1340. The molecule has 3 aromatic rings. The predicted octanol–water partition coefficient (Wildman–Crippen LogP) is 6.13. The molecule has 0 bridgehead atoms. The zero-order chi connectivity index (χ0) is 27.2. The van der Waals surface area contributed by atoms with Crippen molar-refractivity contribution in [2.24, 2.45) is 0 Å². The number of nitrogens with zero attached hydrogens (tertiary/aromatic N) is 1. The third kappa shape index (κ3) is 5.19. The molecule has 5 nitrogen and oxygen atoms in total. The molecule has 0 spiro atoms. The van der Waals surface area contributed by atoms with E-state index in [0.29, 0.717) is 31.4 Å². The summed E-state index contributed by atoms with van der Waals surface area (Å²) in [5.74, 6) is -1.63. The van der Waals surface area contributed by atoms with E-state index in [1.54, 1.807) is 0 Å². The number of benzene rings is 2. The molecule has 0 radical (unpaired) electrons. The summed E-state index contributed by atoms with van der Waals surface area (Å²) in [6, 6.07) is 9.19. The lowest BCUT2D eigenvalue weighted by Crippen LogP contribution is -2.48. The summed E-state index contributed by atoms with van der Waals surface area (Å²) in [5.41, 5.74) is 0.895. The van der Waals surface area contributed by atoms with Gasteiger partial charge in [-0.1, -0.05) is 24.8 Å². The molecular weight excluding hydrogens is 491 g/mol. The number of aromatic nitrogens is 1. The van der Waals surface area contributed by atoms with Crippen LogP contribution in [0.3, 0.4) is 0 Å². The lowest BCUT2D eigenvalue weighted by atomic mass is 9.87. The van der Waals surface area contributed by atoms with Crippen molar-refractivity contribution < 1.29 is 22.7 Å². The lowest BCUT2D eigenvalue weighted by molar-refractivity contribution is -0.117. The molecule has 1 aliphatic carbocycles. The van der Waals surface area contributed by atoms with Crippen LogP contribution in [0.1, 0.15) is 62.9 Å². The molecule has 2 heterocycles. The van der Waals surface area contributed by atoms with Gasteiger partial charge in [-0.25, -0.2) is 13.2 Å². The van der Waals surface area contributed by atoms with E-state index < -0.39 is 23.3 Å². The molecule has 0 saturated heterocycles. The molecule has 202 valence electrons. The highest BCUT2D eigenvalue weighted by molar-refractivity contribution is 5.87. The molecular formula is C30H34F3N3O2. The van der Waals surface area contributed by atoms with Crippen LogP contribution in [0.4, 0.5) is 13.2 Å². The first-order chi connectivity index (χ1) is 18.0. The first-order valence-electron chi connectivity index (χ1n) is 13.2. The van der Waals surface area contributed by atoms with Crippen LogP contribution in [0.2, 0.25) is 0 Å². The number of nitrogens with one attached hydrogen (secondary N) is 2. The Kier molecular flexibility index (Phi) is 7.03. The second-order valence-corrected chi connectivity index (χ2v) is 11.2. The standard InChI is InChI=1S/C30H34F3N3O2/c1-5-26(37)34-18-10-11-19(13-18)38-20-14-23(31)27(24(32)15-20)29-28-22(21-8-6-7-9-25(21)35-28)12-17(2)36(29)16-30(3,4)33/h5-9,14-15,17-19,29,35H,1,10-13,16H2,2-4H3,(H,34,37)/t17-,18+,19-,29-/m1/s1. The average Bonchev–Trinajstić information content (AvgIpc) is 3.43. The lowest BCUT2D eigenvalue weighted by Gasteiger charge is -2.43. The molecule has 1 amide bonds. The Balaban J connectivity index is 1.49. The van der Waals surface area contributed by atoms with Gasteiger partial charge in [0.05, 0.1) is 6.04 Å². The number of halogens is 3. The number of carbonyl (C=O) groups is 1. The van der Waals surface area contributed by atoms with E-state index in [2.05, 4.69) is 16.9 Å². The maximum Gasteiger partial charge on any atom is 0.243 e. The normalized spacial score (nSPS) is 23.8. The van der Waals surface area contributed by atoms with Crippen LogP contribution >= 0.6 is 0 Å². The molecule has 5 rings (SSSR count). The quantitative estimate of drug-likeness (QED) is 0.365. The van der Waals surface area contributed by atoms with Crippen molar-refractivity contribution in [1.82, 2.24) is 15.2 Å². The number of aromatic amines is 1. The minimum absolute atomic E-state index is 0.0185. The van der Waals surface area contributed by atoms with Crippen LogP contribution in [-0.4, -0.2) is 46.2 Å². The van der Waals surface area contributed by atoms with Gasteiger partial charge in [0.25, 0.3) is 0 Å². The number of hydrogen-bond donors (Lipinski definition) is 2. The highest BCUT2D eigenvalue weighted by Gasteiger charge is 2.41. The third-order valence-corrected chi connectivity index (χ3v) is 7.62. The maximum absolute atomic E-state index is 15.8. The molecule has 38 heavy (non-hydrogen) atoms. The Hall–Kier alpha value is -3.26. The number of para-hydroxylation sites is 1. The van der Waals surface area contributed by atoms with Crippen LogP contribution < -0.4 is 10.1 Å². The van der Waals surface area contributed by atoms with E-state index in [0.717, 1.165) is 16.5 Å². The fourth-order valence-electron chi connectivity index (χ4n) is 6.02. The van der Waals surface area contributed by atoms with Gasteiger partial charge in [-0.05, 0) is 57.7 Å². The zero-order valence-corrected chi connectivity index (χ0v) is 22.0. The summed E-state index contributed by atoms with van der Waals surface area (Å²) < 4.78 is 52.5. The number of H-pyrrole nitrogens is 1. The van der Waals surface area contributed by atoms with E-state index >= 15 is 8.78 Å². The van der Waals surface area contributed by atoms with E-state index in [9.17, 15) is 9.18 Å². The summed E-state index contributed by atoms with van der Waals surface area (Å²) in [5, 5.41) is 3.85. The minimum atomic E-state index is -1.56. The summed E-state index contributed by atoms with van der Waals surface area (Å²) in [4.78, 5) is 16.8. The second-order valence-electron chi connectivity index (χ2n) is 11.2. The second kappa shape index (κ2) is 10.1. The van der Waals surface area contributed by atoms with Crippen LogP contribution in [0, 0.1) is 11.6 Å². The van der Waals surface area contributed by atoms with Crippen LogP contribution in [0.25, 0.3) is 10.9 Å². The molecule has 4 atom stereocenters. The van der Waals surface area contributed by atoms with Gasteiger partial charge in [-0.15, -0.1) is 0 Å². The SMILES string of the molecule is C=CC(=O)N[C@H]1CC[C@@H](Oc2cc(F)c([C@@H]3c4[nH]c5ccccc5c4C[C@@H](C)N3CC(C)(C)F)c(F)c2)C1. The van der Waals surface area contributed by atoms with E-state index in [1.807, 2.05) is 36.1 Å². The average molecular weight is 526 g/mol. The van der Waals surface area contributed by atoms with Gasteiger partial charge in [0, 0.05) is 59.3 Å². The molecule has 2 N–H and O–H groups in total. The van der Waals surface area contributed by atoms with Gasteiger partial charge < -0.3 is 15.0 Å². The molecule has 1 saturated carbocycles. The predicted molar refractivity (Wildman–Crippen MR) is 142 cm³/mol. The van der Waals surface area contributed by atoms with Crippen LogP contribution in [0.15, 0.2) is 49.1 Å². The number of alkyl halides is 1. The van der Waals surface area contributed by atoms with Gasteiger partial charge in [0.15, 0.2) is 0 Å². The Morgan fingerprint density at radius 3 is 2.63 bits per heavy atom. The molecule has 1 fully saturated rings. The molecule has 1 aromatic heterocycles. The maximum atomic E-state index is 15.8. The topological polar surface area (TPSA) is 57.4 Å². The zero-order valence-electron chi connectivity index (χ0n) is 22.0. The number of ether oxygens (including phenoxy) is 1. The number of hydrogen-bond acceptors (Lipinski definition) is 3. The molecule has 1 aliphatic heterocycles. The molecule has 8 heteroatoms. The van der Waals surface area contributed by atoms with Crippen LogP contribution in [-0.2, 0) is 11.2 Å². The number of rotatable bonds is 7. The Labute approximate surface area is 221 Å². The summed E-state index contributed by atoms with van der Waals surface area (Å²) in [6.45, 7) is 8.41. The van der Waals surface area contributed by atoms with Gasteiger partial charge in [0.2, 0.25) is 5.91 Å². The largest absolute Gasteiger partial charge is 0.490 e. The van der Waals surface area contributed by atoms with E-state index in [-0.39, 0.29) is 42.0 Å². The smallest absolute Gasteiger partial charge is 0.243 e. The number of amides is 1. The summed E-state index contributed by atoms with van der Waals surface area (Å²) >= 11 is 0. The Morgan fingerprint density at radius 1 is 1.24 bits per heavy atom. The van der Waals surface area contributed by atoms with Crippen molar-refractivity contribution in [3.63, 3.8) is 0 Å². The highest BCUT2D eigenvalue weighted by Crippen LogP contribution is 2.44. The molecule has 2 aromatic carbocycles.